The molecule has 1 saturated heterocycles. The SMILES string of the molecule is CCCCCCCCCC/C=C/C(O)C(COC1OC(CO)C(O)C(O)C1O)NC(=O)CCCCCC. The van der Waals surface area contributed by atoms with Gasteiger partial charge in [0, 0.05) is 6.42 Å². The molecular weight excluding hydrogens is 478 g/mol. The second-order valence-electron chi connectivity index (χ2n) is 10.2. The normalized spacial score (nSPS) is 25.9. The minimum absolute atomic E-state index is 0.188. The quantitative estimate of drug-likeness (QED) is 0.0978. The van der Waals surface area contributed by atoms with Crippen molar-refractivity contribution in [2.24, 2.45) is 0 Å². The van der Waals surface area contributed by atoms with Gasteiger partial charge in [0.15, 0.2) is 6.29 Å². The van der Waals surface area contributed by atoms with Crippen LogP contribution in [0, 0.1) is 0 Å². The van der Waals surface area contributed by atoms with Crippen molar-refractivity contribution in [2.75, 3.05) is 13.2 Å². The lowest BCUT2D eigenvalue weighted by Crippen LogP contribution is -2.60. The lowest BCUT2D eigenvalue weighted by Gasteiger charge is -2.40. The largest absolute Gasteiger partial charge is 0.394 e. The van der Waals surface area contributed by atoms with Crippen LogP contribution in [0.25, 0.3) is 0 Å². The first kappa shape index (κ1) is 34.0. The van der Waals surface area contributed by atoms with Crippen molar-refractivity contribution in [3.8, 4) is 0 Å². The zero-order chi connectivity index (χ0) is 27.5. The van der Waals surface area contributed by atoms with Crippen molar-refractivity contribution in [3.63, 3.8) is 0 Å². The van der Waals surface area contributed by atoms with Crippen molar-refractivity contribution in [1.29, 1.82) is 0 Å². The average molecular weight is 532 g/mol. The zero-order valence-electron chi connectivity index (χ0n) is 23.0. The topological polar surface area (TPSA) is 149 Å². The first-order valence-corrected chi connectivity index (χ1v) is 14.4. The molecule has 6 N–H and O–H groups in total. The van der Waals surface area contributed by atoms with E-state index in [1.165, 1.54) is 38.5 Å². The van der Waals surface area contributed by atoms with Gasteiger partial charge in [0.2, 0.25) is 5.91 Å². The predicted molar refractivity (Wildman–Crippen MR) is 143 cm³/mol. The van der Waals surface area contributed by atoms with Crippen molar-refractivity contribution < 1.29 is 39.8 Å². The summed E-state index contributed by atoms with van der Waals surface area (Å²) in [6.45, 7) is 3.56. The van der Waals surface area contributed by atoms with E-state index in [0.717, 1.165) is 44.9 Å². The van der Waals surface area contributed by atoms with E-state index in [1.807, 2.05) is 6.08 Å². The maximum Gasteiger partial charge on any atom is 0.220 e. The molecule has 37 heavy (non-hydrogen) atoms. The lowest BCUT2D eigenvalue weighted by molar-refractivity contribution is -0.302. The van der Waals surface area contributed by atoms with E-state index >= 15 is 0 Å². The highest BCUT2D eigenvalue weighted by atomic mass is 16.7. The number of amides is 1. The number of rotatable bonds is 21. The molecule has 1 fully saturated rings. The van der Waals surface area contributed by atoms with Gasteiger partial charge in [0.05, 0.1) is 25.4 Å². The number of aliphatic hydroxyl groups is 5. The van der Waals surface area contributed by atoms with Gasteiger partial charge >= 0.3 is 0 Å². The van der Waals surface area contributed by atoms with Crippen LogP contribution in [0.4, 0.5) is 0 Å². The highest BCUT2D eigenvalue weighted by molar-refractivity contribution is 5.76. The van der Waals surface area contributed by atoms with E-state index < -0.39 is 49.5 Å². The number of nitrogens with one attached hydrogen (secondary N) is 1. The molecule has 1 amide bonds. The Labute approximate surface area is 223 Å². The molecule has 1 heterocycles. The third kappa shape index (κ3) is 14.0. The summed E-state index contributed by atoms with van der Waals surface area (Å²) in [7, 11) is 0. The molecule has 0 aromatic carbocycles. The summed E-state index contributed by atoms with van der Waals surface area (Å²) in [5, 5.41) is 53.1. The fraction of sp³-hybridized carbons (Fsp3) is 0.893. The molecule has 7 atom stereocenters. The molecule has 7 unspecified atom stereocenters. The van der Waals surface area contributed by atoms with Crippen LogP contribution >= 0.6 is 0 Å². The summed E-state index contributed by atoms with van der Waals surface area (Å²) in [5.74, 6) is -0.200. The third-order valence-corrected chi connectivity index (χ3v) is 6.86. The molecule has 1 aliphatic heterocycles. The van der Waals surface area contributed by atoms with Crippen molar-refractivity contribution in [2.45, 2.75) is 147 Å². The standard InChI is InChI=1S/C28H53NO8/c1-3-5-7-9-10-11-12-13-14-15-17-22(31)21(29-24(32)18-16-8-6-4-2)20-36-28-27(35)26(34)25(33)23(19-30)37-28/h15,17,21-23,25-28,30-31,33-35H,3-14,16,18-20H2,1-2H3,(H,29,32)/b17-15+. The van der Waals surface area contributed by atoms with Crippen LogP contribution in [0.3, 0.4) is 0 Å². The predicted octanol–water partition coefficient (Wildman–Crippen LogP) is 2.71. The number of hydrogen-bond acceptors (Lipinski definition) is 8. The summed E-state index contributed by atoms with van der Waals surface area (Å²) in [5.41, 5.74) is 0. The second-order valence-corrected chi connectivity index (χ2v) is 10.2. The van der Waals surface area contributed by atoms with E-state index in [0.29, 0.717) is 6.42 Å². The molecule has 0 aliphatic carbocycles. The van der Waals surface area contributed by atoms with E-state index in [4.69, 9.17) is 9.47 Å². The van der Waals surface area contributed by atoms with E-state index in [1.54, 1.807) is 6.08 Å². The maximum absolute atomic E-state index is 12.5. The number of carbonyl (C=O) groups excluding carboxylic acids is 1. The van der Waals surface area contributed by atoms with Crippen LogP contribution in [-0.4, -0.2) is 87.5 Å². The van der Waals surface area contributed by atoms with Gasteiger partial charge in [-0.25, -0.2) is 0 Å². The summed E-state index contributed by atoms with van der Waals surface area (Å²) >= 11 is 0. The van der Waals surface area contributed by atoms with Gasteiger partial charge < -0.3 is 40.3 Å². The van der Waals surface area contributed by atoms with Crippen LogP contribution in [0.1, 0.15) is 104 Å². The van der Waals surface area contributed by atoms with Gasteiger partial charge in [-0.1, -0.05) is 90.2 Å². The number of allylic oxidation sites excluding steroid dienone is 1. The summed E-state index contributed by atoms with van der Waals surface area (Å²) < 4.78 is 11.0. The molecular formula is C28H53NO8. The Hall–Kier alpha value is -1.07. The molecule has 0 aromatic heterocycles. The molecule has 9 heteroatoms. The highest BCUT2D eigenvalue weighted by Crippen LogP contribution is 2.22. The molecule has 0 radical (unpaired) electrons. The summed E-state index contributed by atoms with van der Waals surface area (Å²) in [4.78, 5) is 12.5. The first-order valence-electron chi connectivity index (χ1n) is 14.4. The number of unbranched alkanes of at least 4 members (excludes halogenated alkanes) is 11. The highest BCUT2D eigenvalue weighted by Gasteiger charge is 2.44. The molecule has 1 aliphatic rings. The fourth-order valence-electron chi connectivity index (χ4n) is 4.39. The Morgan fingerprint density at radius 1 is 0.892 bits per heavy atom. The van der Waals surface area contributed by atoms with Gasteiger partial charge in [-0.15, -0.1) is 0 Å². The van der Waals surface area contributed by atoms with Crippen LogP contribution in [0.5, 0.6) is 0 Å². The monoisotopic (exact) mass is 531 g/mol. The number of aliphatic hydroxyl groups excluding tert-OH is 5. The number of carbonyl (C=O) groups is 1. The number of ether oxygens (including phenoxy) is 2. The molecule has 218 valence electrons. The van der Waals surface area contributed by atoms with Gasteiger partial charge in [0.25, 0.3) is 0 Å². The van der Waals surface area contributed by atoms with Gasteiger partial charge in [-0.3, -0.25) is 4.79 Å². The first-order chi connectivity index (χ1) is 17.8. The second kappa shape index (κ2) is 20.8. The minimum atomic E-state index is -1.56. The van der Waals surface area contributed by atoms with Crippen LogP contribution in [0.15, 0.2) is 12.2 Å². The Kier molecular flexibility index (Phi) is 19.1. The Bertz CT molecular complexity index is 603. The lowest BCUT2D eigenvalue weighted by atomic mass is 9.99. The van der Waals surface area contributed by atoms with Gasteiger partial charge in [-0.05, 0) is 19.3 Å². The minimum Gasteiger partial charge on any atom is -0.394 e. The average Bonchev–Trinajstić information content (AvgIpc) is 2.89. The van der Waals surface area contributed by atoms with Crippen molar-refractivity contribution >= 4 is 5.91 Å². The van der Waals surface area contributed by atoms with Crippen LogP contribution < -0.4 is 5.32 Å². The summed E-state index contributed by atoms with van der Waals surface area (Å²) in [6.07, 6.45) is 10.3. The number of hydrogen-bond donors (Lipinski definition) is 6. The maximum atomic E-state index is 12.5. The van der Waals surface area contributed by atoms with E-state index in [2.05, 4.69) is 19.2 Å². The smallest absolute Gasteiger partial charge is 0.220 e. The molecule has 1 rings (SSSR count). The van der Waals surface area contributed by atoms with E-state index in [-0.39, 0.29) is 12.5 Å². The Morgan fingerprint density at radius 3 is 2.11 bits per heavy atom. The Balaban J connectivity index is 2.59. The van der Waals surface area contributed by atoms with Crippen LogP contribution in [-0.2, 0) is 14.3 Å². The zero-order valence-corrected chi connectivity index (χ0v) is 23.0. The molecule has 0 bridgehead atoms. The fourth-order valence-corrected chi connectivity index (χ4v) is 4.39. The third-order valence-electron chi connectivity index (χ3n) is 6.86. The van der Waals surface area contributed by atoms with E-state index in [9.17, 15) is 30.3 Å². The molecule has 0 spiro atoms. The summed E-state index contributed by atoms with van der Waals surface area (Å²) in [6, 6.07) is -0.791. The van der Waals surface area contributed by atoms with Gasteiger partial charge in [0.1, 0.15) is 24.4 Å². The van der Waals surface area contributed by atoms with Crippen molar-refractivity contribution in [3.05, 3.63) is 12.2 Å². The van der Waals surface area contributed by atoms with Crippen molar-refractivity contribution in [1.82, 2.24) is 5.32 Å². The molecule has 9 nitrogen and oxygen atoms in total. The Morgan fingerprint density at radius 2 is 1.49 bits per heavy atom. The molecule has 0 saturated carbocycles. The van der Waals surface area contributed by atoms with Crippen LogP contribution in [0.2, 0.25) is 0 Å². The molecule has 0 aromatic rings. The van der Waals surface area contributed by atoms with Gasteiger partial charge in [-0.2, -0.15) is 0 Å².